The first-order chi connectivity index (χ1) is 9.65. The van der Waals surface area contributed by atoms with E-state index in [9.17, 15) is 4.79 Å². The summed E-state index contributed by atoms with van der Waals surface area (Å²) in [5.41, 5.74) is 1.24. The molecule has 0 aliphatic rings. The van der Waals surface area contributed by atoms with E-state index in [1.807, 2.05) is 30.6 Å². The molecule has 0 unspecified atom stereocenters. The molecule has 0 fully saturated rings. The fourth-order valence-corrected chi connectivity index (χ4v) is 3.62. The second-order valence-electron chi connectivity index (χ2n) is 4.45. The molecule has 0 radical (unpaired) electrons. The van der Waals surface area contributed by atoms with Crippen molar-refractivity contribution in [3.63, 3.8) is 0 Å². The van der Waals surface area contributed by atoms with Crippen molar-refractivity contribution in [2.45, 2.75) is 12.3 Å². The van der Waals surface area contributed by atoms with Crippen LogP contribution >= 0.6 is 39.0 Å². The fourth-order valence-electron chi connectivity index (χ4n) is 1.67. The SMILES string of the molecule is CN(Cc1cccs1)C(=O)CSCc1ccc(Br)cc1. The number of amides is 1. The van der Waals surface area contributed by atoms with Crippen molar-refractivity contribution in [3.05, 3.63) is 56.7 Å². The lowest BCUT2D eigenvalue weighted by Crippen LogP contribution is -2.27. The molecule has 0 bridgehead atoms. The molecule has 0 saturated heterocycles. The smallest absolute Gasteiger partial charge is 0.232 e. The standard InChI is InChI=1S/C15H16BrNOS2/c1-17(9-14-3-2-8-20-14)15(18)11-19-10-12-4-6-13(16)7-5-12/h2-8H,9-11H2,1H3. The second kappa shape index (κ2) is 7.86. The highest BCUT2D eigenvalue weighted by atomic mass is 79.9. The van der Waals surface area contributed by atoms with Crippen molar-refractivity contribution in [1.29, 1.82) is 0 Å². The minimum absolute atomic E-state index is 0.181. The van der Waals surface area contributed by atoms with Crippen LogP contribution in [0.15, 0.2) is 46.3 Å². The molecule has 1 aromatic heterocycles. The molecule has 2 rings (SSSR count). The lowest BCUT2D eigenvalue weighted by Gasteiger charge is -2.15. The zero-order valence-electron chi connectivity index (χ0n) is 11.2. The van der Waals surface area contributed by atoms with Crippen LogP contribution < -0.4 is 0 Å². The van der Waals surface area contributed by atoms with Crippen LogP contribution in [0.1, 0.15) is 10.4 Å². The van der Waals surface area contributed by atoms with E-state index < -0.39 is 0 Å². The zero-order chi connectivity index (χ0) is 14.4. The molecular weight excluding hydrogens is 354 g/mol. The van der Waals surface area contributed by atoms with E-state index in [1.165, 1.54) is 10.4 Å². The molecule has 0 atom stereocenters. The molecule has 5 heteroatoms. The number of carbonyl (C=O) groups is 1. The summed E-state index contributed by atoms with van der Waals surface area (Å²) in [6, 6.07) is 12.3. The summed E-state index contributed by atoms with van der Waals surface area (Å²) in [4.78, 5) is 15.0. The van der Waals surface area contributed by atoms with Crippen LogP contribution in [0.25, 0.3) is 0 Å². The zero-order valence-corrected chi connectivity index (χ0v) is 14.4. The third-order valence-corrected chi connectivity index (χ3v) is 5.18. The Bertz CT molecular complexity index is 540. The van der Waals surface area contributed by atoms with Crippen molar-refractivity contribution < 1.29 is 4.79 Å². The Kier molecular flexibility index (Phi) is 6.13. The quantitative estimate of drug-likeness (QED) is 0.751. The van der Waals surface area contributed by atoms with Crippen LogP contribution in [0.2, 0.25) is 0 Å². The predicted molar refractivity (Wildman–Crippen MR) is 91.1 cm³/mol. The van der Waals surface area contributed by atoms with Gasteiger partial charge in [-0.1, -0.05) is 34.1 Å². The molecule has 1 amide bonds. The van der Waals surface area contributed by atoms with E-state index in [4.69, 9.17) is 0 Å². The highest BCUT2D eigenvalue weighted by Crippen LogP contribution is 2.17. The van der Waals surface area contributed by atoms with Gasteiger partial charge in [-0.25, -0.2) is 0 Å². The maximum absolute atomic E-state index is 12.0. The average molecular weight is 370 g/mol. The molecule has 2 aromatic rings. The second-order valence-corrected chi connectivity index (χ2v) is 7.38. The van der Waals surface area contributed by atoms with E-state index in [-0.39, 0.29) is 5.91 Å². The van der Waals surface area contributed by atoms with E-state index in [0.29, 0.717) is 12.3 Å². The average Bonchev–Trinajstić information content (AvgIpc) is 2.93. The lowest BCUT2D eigenvalue weighted by molar-refractivity contribution is -0.127. The molecule has 106 valence electrons. The number of hydrogen-bond acceptors (Lipinski definition) is 3. The lowest BCUT2D eigenvalue weighted by atomic mass is 10.2. The predicted octanol–water partition coefficient (Wildman–Crippen LogP) is 4.40. The monoisotopic (exact) mass is 369 g/mol. The van der Waals surface area contributed by atoms with E-state index in [2.05, 4.69) is 34.1 Å². The topological polar surface area (TPSA) is 20.3 Å². The Morgan fingerprint density at radius 2 is 2.05 bits per heavy atom. The Morgan fingerprint density at radius 3 is 2.70 bits per heavy atom. The van der Waals surface area contributed by atoms with Gasteiger partial charge in [0.15, 0.2) is 0 Å². The number of halogens is 1. The molecule has 0 spiro atoms. The van der Waals surface area contributed by atoms with Gasteiger partial charge in [-0.05, 0) is 29.1 Å². The van der Waals surface area contributed by atoms with Crippen LogP contribution in [-0.2, 0) is 17.1 Å². The number of benzene rings is 1. The maximum Gasteiger partial charge on any atom is 0.232 e. The molecule has 0 aliphatic heterocycles. The summed E-state index contributed by atoms with van der Waals surface area (Å²) in [5, 5.41) is 2.04. The molecule has 0 aliphatic carbocycles. The first-order valence-electron chi connectivity index (χ1n) is 6.23. The number of thioether (sulfide) groups is 1. The van der Waals surface area contributed by atoms with Gasteiger partial charge in [0.25, 0.3) is 0 Å². The van der Waals surface area contributed by atoms with Crippen LogP contribution in [0.3, 0.4) is 0 Å². The fraction of sp³-hybridized carbons (Fsp3) is 0.267. The van der Waals surface area contributed by atoms with Crippen LogP contribution in [-0.4, -0.2) is 23.6 Å². The van der Waals surface area contributed by atoms with Gasteiger partial charge >= 0.3 is 0 Å². The number of carbonyl (C=O) groups excluding carboxylic acids is 1. The van der Waals surface area contributed by atoms with Crippen molar-refractivity contribution >= 4 is 44.9 Å². The van der Waals surface area contributed by atoms with Gasteiger partial charge in [0, 0.05) is 22.2 Å². The van der Waals surface area contributed by atoms with Gasteiger partial charge in [0.1, 0.15) is 0 Å². The third kappa shape index (κ3) is 4.96. The van der Waals surface area contributed by atoms with E-state index in [1.54, 1.807) is 28.0 Å². The molecule has 1 heterocycles. The largest absolute Gasteiger partial charge is 0.340 e. The van der Waals surface area contributed by atoms with Gasteiger partial charge in [0.05, 0.1) is 12.3 Å². The van der Waals surface area contributed by atoms with E-state index in [0.717, 1.165) is 10.2 Å². The highest BCUT2D eigenvalue weighted by Gasteiger charge is 2.09. The Labute approximate surface area is 136 Å². The van der Waals surface area contributed by atoms with Gasteiger partial charge in [0.2, 0.25) is 5.91 Å². The number of thiophene rings is 1. The van der Waals surface area contributed by atoms with Gasteiger partial charge in [-0.3, -0.25) is 4.79 Å². The van der Waals surface area contributed by atoms with Crippen molar-refractivity contribution in [3.8, 4) is 0 Å². The number of nitrogens with zero attached hydrogens (tertiary/aromatic N) is 1. The Balaban J connectivity index is 1.73. The Morgan fingerprint density at radius 1 is 1.30 bits per heavy atom. The van der Waals surface area contributed by atoms with Crippen LogP contribution in [0.4, 0.5) is 0 Å². The van der Waals surface area contributed by atoms with Crippen molar-refractivity contribution in [1.82, 2.24) is 4.90 Å². The van der Waals surface area contributed by atoms with Crippen molar-refractivity contribution in [2.24, 2.45) is 0 Å². The summed E-state index contributed by atoms with van der Waals surface area (Å²) in [7, 11) is 1.86. The normalized spacial score (nSPS) is 10.5. The molecule has 0 N–H and O–H groups in total. The minimum atomic E-state index is 0.181. The van der Waals surface area contributed by atoms with Crippen LogP contribution in [0.5, 0.6) is 0 Å². The highest BCUT2D eigenvalue weighted by molar-refractivity contribution is 9.10. The van der Waals surface area contributed by atoms with Crippen LogP contribution in [0, 0.1) is 0 Å². The first-order valence-corrected chi connectivity index (χ1v) is 9.06. The minimum Gasteiger partial charge on any atom is -0.340 e. The summed E-state index contributed by atoms with van der Waals surface area (Å²) >= 11 is 6.76. The molecule has 2 nitrogen and oxygen atoms in total. The Hall–Kier alpha value is -0.780. The summed E-state index contributed by atoms with van der Waals surface area (Å²) in [6.07, 6.45) is 0. The summed E-state index contributed by atoms with van der Waals surface area (Å²) in [5.74, 6) is 1.57. The summed E-state index contributed by atoms with van der Waals surface area (Å²) in [6.45, 7) is 0.704. The third-order valence-electron chi connectivity index (χ3n) is 2.81. The maximum atomic E-state index is 12.0. The van der Waals surface area contributed by atoms with Gasteiger partial charge in [-0.15, -0.1) is 23.1 Å². The number of rotatable bonds is 6. The summed E-state index contributed by atoms with van der Waals surface area (Å²) < 4.78 is 1.08. The molecule has 1 aromatic carbocycles. The molecule has 0 saturated carbocycles. The number of hydrogen-bond donors (Lipinski definition) is 0. The van der Waals surface area contributed by atoms with Gasteiger partial charge < -0.3 is 4.90 Å². The molecular formula is C15H16BrNOS2. The van der Waals surface area contributed by atoms with Gasteiger partial charge in [-0.2, -0.15) is 0 Å². The van der Waals surface area contributed by atoms with Crippen molar-refractivity contribution in [2.75, 3.05) is 12.8 Å². The van der Waals surface area contributed by atoms with E-state index >= 15 is 0 Å². The molecule has 20 heavy (non-hydrogen) atoms. The first kappa shape index (κ1) is 15.6.